The maximum absolute atomic E-state index is 12.4. The topological polar surface area (TPSA) is 103 Å². The maximum Gasteiger partial charge on any atom is 0.248 e. The van der Waals surface area contributed by atoms with Gasteiger partial charge < -0.3 is 25.8 Å². The number of nitrogens with one attached hydrogen (secondary N) is 2. The average molecular weight is 343 g/mol. The van der Waals surface area contributed by atoms with Gasteiger partial charge in [-0.15, -0.1) is 0 Å². The zero-order valence-corrected chi connectivity index (χ0v) is 14.3. The fraction of sp³-hybridized carbons (Fsp3) is 0.222. The number of nitrogens with two attached hydrogens (primary N) is 1. The van der Waals surface area contributed by atoms with E-state index in [0.717, 1.165) is 0 Å². The zero-order chi connectivity index (χ0) is 18.4. The minimum atomic E-state index is -0.531. The second-order valence-electron chi connectivity index (χ2n) is 5.36. The van der Waals surface area contributed by atoms with Crippen LogP contribution in [-0.2, 0) is 4.79 Å². The Kier molecular flexibility index (Phi) is 5.84. The van der Waals surface area contributed by atoms with Gasteiger partial charge in [-0.2, -0.15) is 0 Å². The first-order valence-corrected chi connectivity index (χ1v) is 7.64. The Morgan fingerprint density at radius 1 is 1.04 bits per heavy atom. The lowest BCUT2D eigenvalue weighted by Gasteiger charge is -2.18. The summed E-state index contributed by atoms with van der Waals surface area (Å²) in [5, 5.41) is 5.86. The van der Waals surface area contributed by atoms with Crippen LogP contribution in [-0.4, -0.2) is 32.1 Å². The van der Waals surface area contributed by atoms with Crippen molar-refractivity contribution in [3.63, 3.8) is 0 Å². The maximum atomic E-state index is 12.4. The van der Waals surface area contributed by atoms with Crippen LogP contribution in [0, 0.1) is 0 Å². The van der Waals surface area contributed by atoms with E-state index in [2.05, 4.69) is 10.6 Å². The Morgan fingerprint density at radius 2 is 1.72 bits per heavy atom. The largest absolute Gasteiger partial charge is 0.497 e. The van der Waals surface area contributed by atoms with Crippen LogP contribution in [0.2, 0.25) is 0 Å². The number of amides is 2. The van der Waals surface area contributed by atoms with Crippen LogP contribution in [0.5, 0.6) is 11.5 Å². The van der Waals surface area contributed by atoms with Gasteiger partial charge in [0.1, 0.15) is 17.5 Å². The van der Waals surface area contributed by atoms with Gasteiger partial charge in [-0.05, 0) is 43.3 Å². The first-order valence-electron chi connectivity index (χ1n) is 7.64. The molecule has 0 aliphatic rings. The lowest BCUT2D eigenvalue weighted by molar-refractivity contribution is -0.116. The van der Waals surface area contributed by atoms with Crippen molar-refractivity contribution in [1.82, 2.24) is 0 Å². The van der Waals surface area contributed by atoms with Gasteiger partial charge in [-0.25, -0.2) is 0 Å². The van der Waals surface area contributed by atoms with Crippen LogP contribution in [0.3, 0.4) is 0 Å². The fourth-order valence-corrected chi connectivity index (χ4v) is 2.19. The van der Waals surface area contributed by atoms with E-state index >= 15 is 0 Å². The van der Waals surface area contributed by atoms with Crippen LogP contribution in [0.15, 0.2) is 42.5 Å². The fourth-order valence-electron chi connectivity index (χ4n) is 2.19. The molecule has 0 saturated carbocycles. The molecule has 25 heavy (non-hydrogen) atoms. The first kappa shape index (κ1) is 18.1. The summed E-state index contributed by atoms with van der Waals surface area (Å²) in [6.07, 6.45) is 0. The van der Waals surface area contributed by atoms with Crippen LogP contribution in [0.25, 0.3) is 0 Å². The summed E-state index contributed by atoms with van der Waals surface area (Å²) >= 11 is 0. The summed E-state index contributed by atoms with van der Waals surface area (Å²) in [6.45, 7) is 1.73. The van der Waals surface area contributed by atoms with E-state index in [4.69, 9.17) is 15.2 Å². The van der Waals surface area contributed by atoms with Gasteiger partial charge in [0, 0.05) is 17.3 Å². The zero-order valence-electron chi connectivity index (χ0n) is 14.3. The van der Waals surface area contributed by atoms with E-state index in [-0.39, 0.29) is 5.91 Å². The number of methoxy groups -OCH3 is 2. The minimum absolute atomic E-state index is 0.239. The molecule has 7 heteroatoms. The number of benzene rings is 2. The van der Waals surface area contributed by atoms with Gasteiger partial charge in [-0.3, -0.25) is 9.59 Å². The predicted octanol–water partition coefficient (Wildman–Crippen LogP) is 2.24. The number of hydrogen-bond donors (Lipinski definition) is 3. The molecule has 0 saturated heterocycles. The SMILES string of the molecule is COc1ccc(OC)c(N[C@H](C)C(=O)Nc2ccc(C(N)=O)cc2)c1. The number of ether oxygens (including phenoxy) is 2. The third-order valence-corrected chi connectivity index (χ3v) is 3.61. The Bertz CT molecular complexity index is 759. The number of rotatable bonds is 7. The third-order valence-electron chi connectivity index (χ3n) is 3.61. The highest BCUT2D eigenvalue weighted by atomic mass is 16.5. The number of carbonyl (C=O) groups excluding carboxylic acids is 2. The predicted molar refractivity (Wildman–Crippen MR) is 96.2 cm³/mol. The molecule has 7 nitrogen and oxygen atoms in total. The molecule has 2 rings (SSSR count). The average Bonchev–Trinajstić information content (AvgIpc) is 2.61. The molecule has 0 bridgehead atoms. The summed E-state index contributed by atoms with van der Waals surface area (Å²) in [5.41, 5.74) is 6.79. The van der Waals surface area contributed by atoms with E-state index in [0.29, 0.717) is 28.4 Å². The van der Waals surface area contributed by atoms with Crippen LogP contribution >= 0.6 is 0 Å². The highest BCUT2D eigenvalue weighted by Gasteiger charge is 2.15. The van der Waals surface area contributed by atoms with Crippen molar-refractivity contribution in [2.45, 2.75) is 13.0 Å². The summed E-state index contributed by atoms with van der Waals surface area (Å²) < 4.78 is 10.5. The Hall–Kier alpha value is -3.22. The standard InChI is InChI=1S/C18H21N3O4/c1-11(20-15-10-14(24-2)8-9-16(15)25-3)18(23)21-13-6-4-12(5-7-13)17(19)22/h4-11,20H,1-3H3,(H2,19,22)(H,21,23)/t11-/m1/s1. The lowest BCUT2D eigenvalue weighted by atomic mass is 10.2. The summed E-state index contributed by atoms with van der Waals surface area (Å²) in [7, 11) is 3.12. The molecule has 0 unspecified atom stereocenters. The van der Waals surface area contributed by atoms with Crippen molar-refractivity contribution in [3.05, 3.63) is 48.0 Å². The van der Waals surface area contributed by atoms with Gasteiger partial charge >= 0.3 is 0 Å². The second kappa shape index (κ2) is 8.05. The smallest absolute Gasteiger partial charge is 0.248 e. The molecule has 1 atom stereocenters. The monoisotopic (exact) mass is 343 g/mol. The number of primary amides is 1. The number of carbonyl (C=O) groups is 2. The van der Waals surface area contributed by atoms with Crippen molar-refractivity contribution in [2.75, 3.05) is 24.9 Å². The molecular formula is C18H21N3O4. The quantitative estimate of drug-likeness (QED) is 0.715. The van der Waals surface area contributed by atoms with Gasteiger partial charge in [0.05, 0.1) is 19.9 Å². The van der Waals surface area contributed by atoms with E-state index in [9.17, 15) is 9.59 Å². The molecule has 2 aromatic rings. The molecule has 0 aliphatic heterocycles. The molecule has 0 aromatic heterocycles. The molecule has 0 aliphatic carbocycles. The summed E-state index contributed by atoms with van der Waals surface area (Å²) in [4.78, 5) is 23.4. The Morgan fingerprint density at radius 3 is 2.28 bits per heavy atom. The summed E-state index contributed by atoms with van der Waals surface area (Å²) in [6, 6.07) is 11.1. The highest BCUT2D eigenvalue weighted by molar-refractivity contribution is 5.97. The normalized spacial score (nSPS) is 11.3. The van der Waals surface area contributed by atoms with Crippen molar-refractivity contribution >= 4 is 23.2 Å². The van der Waals surface area contributed by atoms with Crippen molar-refractivity contribution < 1.29 is 19.1 Å². The van der Waals surface area contributed by atoms with Gasteiger partial charge in [-0.1, -0.05) is 0 Å². The lowest BCUT2D eigenvalue weighted by Crippen LogP contribution is -2.32. The molecule has 2 aromatic carbocycles. The summed E-state index contributed by atoms with van der Waals surface area (Å²) in [5.74, 6) is 0.499. The molecule has 0 heterocycles. The number of hydrogen-bond acceptors (Lipinski definition) is 5. The second-order valence-corrected chi connectivity index (χ2v) is 5.36. The highest BCUT2D eigenvalue weighted by Crippen LogP contribution is 2.29. The minimum Gasteiger partial charge on any atom is -0.497 e. The van der Waals surface area contributed by atoms with E-state index in [1.54, 1.807) is 63.6 Å². The van der Waals surface area contributed by atoms with E-state index in [1.165, 1.54) is 0 Å². The van der Waals surface area contributed by atoms with Crippen LogP contribution in [0.4, 0.5) is 11.4 Å². The van der Waals surface area contributed by atoms with Crippen molar-refractivity contribution in [3.8, 4) is 11.5 Å². The Labute approximate surface area is 146 Å². The molecule has 0 spiro atoms. The molecule has 4 N–H and O–H groups in total. The van der Waals surface area contributed by atoms with Gasteiger partial charge in [0.15, 0.2) is 0 Å². The molecule has 0 radical (unpaired) electrons. The molecular weight excluding hydrogens is 322 g/mol. The molecule has 2 amide bonds. The molecule has 132 valence electrons. The van der Waals surface area contributed by atoms with Crippen molar-refractivity contribution in [1.29, 1.82) is 0 Å². The van der Waals surface area contributed by atoms with E-state index in [1.807, 2.05) is 0 Å². The van der Waals surface area contributed by atoms with Gasteiger partial charge in [0.2, 0.25) is 11.8 Å². The molecule has 0 fully saturated rings. The first-order chi connectivity index (χ1) is 11.9. The number of anilines is 2. The van der Waals surface area contributed by atoms with Crippen LogP contribution < -0.4 is 25.8 Å². The van der Waals surface area contributed by atoms with E-state index < -0.39 is 11.9 Å². The van der Waals surface area contributed by atoms with Crippen molar-refractivity contribution in [2.24, 2.45) is 5.73 Å². The van der Waals surface area contributed by atoms with Gasteiger partial charge in [0.25, 0.3) is 0 Å². The Balaban J connectivity index is 2.06. The third kappa shape index (κ3) is 4.63. The van der Waals surface area contributed by atoms with Crippen LogP contribution in [0.1, 0.15) is 17.3 Å².